The van der Waals surface area contributed by atoms with Crippen LogP contribution in [0.2, 0.25) is 0 Å². The van der Waals surface area contributed by atoms with Crippen LogP contribution in [0.5, 0.6) is 0 Å². The van der Waals surface area contributed by atoms with E-state index in [4.69, 9.17) is 4.74 Å². The van der Waals surface area contributed by atoms with Gasteiger partial charge in [-0.1, -0.05) is 51.1 Å². The Morgan fingerprint density at radius 1 is 1.29 bits per heavy atom. The third-order valence-electron chi connectivity index (χ3n) is 3.69. The molecule has 1 heterocycles. The number of urea groups is 1. The molecule has 6 nitrogen and oxygen atoms in total. The standard InChI is InChI=1S/C18H26N4O2/c1-18(2,3)16(14-8-6-5-7-9-14)21-17(23)20-15-12-19-22(13-15)10-11-24-4/h5-9,12-13,16H,10-11H2,1-4H3,(H2,20,21,23). The molecule has 2 aromatic rings. The maximum absolute atomic E-state index is 12.4. The van der Waals surface area contributed by atoms with Crippen molar-refractivity contribution in [3.63, 3.8) is 0 Å². The van der Waals surface area contributed by atoms with Gasteiger partial charge in [0, 0.05) is 13.3 Å². The Labute approximate surface area is 143 Å². The first-order valence-electron chi connectivity index (χ1n) is 8.04. The van der Waals surface area contributed by atoms with Crippen molar-refractivity contribution in [3.8, 4) is 0 Å². The number of nitrogens with zero attached hydrogens (tertiary/aromatic N) is 2. The summed E-state index contributed by atoms with van der Waals surface area (Å²) in [5.41, 5.74) is 1.63. The van der Waals surface area contributed by atoms with E-state index in [-0.39, 0.29) is 17.5 Å². The predicted molar refractivity (Wildman–Crippen MR) is 94.9 cm³/mol. The Kier molecular flexibility index (Phi) is 5.98. The van der Waals surface area contributed by atoms with Crippen LogP contribution >= 0.6 is 0 Å². The summed E-state index contributed by atoms with van der Waals surface area (Å²) in [6.07, 6.45) is 3.41. The minimum absolute atomic E-state index is 0.0952. The molecule has 6 heteroatoms. The van der Waals surface area contributed by atoms with Crippen LogP contribution in [-0.2, 0) is 11.3 Å². The first-order chi connectivity index (χ1) is 11.4. The minimum atomic E-state index is -0.245. The summed E-state index contributed by atoms with van der Waals surface area (Å²) in [5, 5.41) is 10.1. The summed E-state index contributed by atoms with van der Waals surface area (Å²) >= 11 is 0. The Balaban J connectivity index is 2.02. The van der Waals surface area contributed by atoms with E-state index in [0.29, 0.717) is 18.8 Å². The van der Waals surface area contributed by atoms with E-state index in [0.717, 1.165) is 5.56 Å². The number of benzene rings is 1. The molecule has 1 unspecified atom stereocenters. The molecule has 1 aromatic carbocycles. The van der Waals surface area contributed by atoms with Gasteiger partial charge in [-0.15, -0.1) is 0 Å². The third-order valence-corrected chi connectivity index (χ3v) is 3.69. The van der Waals surface area contributed by atoms with E-state index < -0.39 is 0 Å². The lowest BCUT2D eigenvalue weighted by atomic mass is 9.82. The molecule has 24 heavy (non-hydrogen) atoms. The van der Waals surface area contributed by atoms with Crippen LogP contribution in [0.15, 0.2) is 42.7 Å². The number of nitrogens with one attached hydrogen (secondary N) is 2. The lowest BCUT2D eigenvalue weighted by Gasteiger charge is -2.31. The van der Waals surface area contributed by atoms with Gasteiger partial charge in [-0.3, -0.25) is 4.68 Å². The maximum Gasteiger partial charge on any atom is 0.319 e. The second-order valence-electron chi connectivity index (χ2n) is 6.79. The number of rotatable bonds is 6. The van der Waals surface area contributed by atoms with Crippen LogP contribution in [0.25, 0.3) is 0 Å². The first kappa shape index (κ1) is 18.0. The van der Waals surface area contributed by atoms with Crippen molar-refractivity contribution in [1.82, 2.24) is 15.1 Å². The summed E-state index contributed by atoms with van der Waals surface area (Å²) in [6, 6.07) is 9.64. The Morgan fingerprint density at radius 3 is 2.62 bits per heavy atom. The van der Waals surface area contributed by atoms with E-state index in [2.05, 4.69) is 36.5 Å². The first-order valence-corrected chi connectivity index (χ1v) is 8.04. The number of ether oxygens (including phenoxy) is 1. The van der Waals surface area contributed by atoms with Gasteiger partial charge in [0.1, 0.15) is 0 Å². The molecule has 0 saturated heterocycles. The second-order valence-corrected chi connectivity index (χ2v) is 6.79. The van der Waals surface area contributed by atoms with Gasteiger partial charge in [0.2, 0.25) is 0 Å². The summed E-state index contributed by atoms with van der Waals surface area (Å²) in [4.78, 5) is 12.4. The molecule has 1 atom stereocenters. The van der Waals surface area contributed by atoms with Crippen molar-refractivity contribution in [2.24, 2.45) is 5.41 Å². The highest BCUT2D eigenvalue weighted by Gasteiger charge is 2.27. The molecule has 1 aromatic heterocycles. The molecule has 2 amide bonds. The van der Waals surface area contributed by atoms with Crippen LogP contribution in [0, 0.1) is 5.41 Å². The summed E-state index contributed by atoms with van der Waals surface area (Å²) < 4.78 is 6.75. The Hall–Kier alpha value is -2.34. The highest BCUT2D eigenvalue weighted by Crippen LogP contribution is 2.32. The maximum atomic E-state index is 12.4. The van der Waals surface area contributed by atoms with E-state index in [1.54, 1.807) is 24.2 Å². The molecule has 0 radical (unpaired) electrons. The molecule has 0 saturated carbocycles. The average molecular weight is 330 g/mol. The van der Waals surface area contributed by atoms with Crippen LogP contribution in [-0.4, -0.2) is 29.5 Å². The molecule has 0 aliphatic carbocycles. The largest absolute Gasteiger partial charge is 0.383 e. The van der Waals surface area contributed by atoms with Crippen molar-refractivity contribution in [1.29, 1.82) is 0 Å². The van der Waals surface area contributed by atoms with Crippen molar-refractivity contribution in [3.05, 3.63) is 48.3 Å². The smallest absolute Gasteiger partial charge is 0.319 e. The quantitative estimate of drug-likeness (QED) is 0.852. The number of anilines is 1. The predicted octanol–water partition coefficient (Wildman–Crippen LogP) is 3.44. The molecule has 2 N–H and O–H groups in total. The summed E-state index contributed by atoms with van der Waals surface area (Å²) in [6.45, 7) is 7.54. The average Bonchev–Trinajstić information content (AvgIpc) is 2.97. The number of aromatic nitrogens is 2. The van der Waals surface area contributed by atoms with E-state index >= 15 is 0 Å². The van der Waals surface area contributed by atoms with Crippen molar-refractivity contribution >= 4 is 11.7 Å². The van der Waals surface area contributed by atoms with Crippen LogP contribution in [0.1, 0.15) is 32.4 Å². The number of hydrogen-bond acceptors (Lipinski definition) is 3. The lowest BCUT2D eigenvalue weighted by molar-refractivity contribution is 0.183. The fourth-order valence-electron chi connectivity index (χ4n) is 2.48. The molecule has 0 aliphatic heterocycles. The van der Waals surface area contributed by atoms with Gasteiger partial charge in [0.15, 0.2) is 0 Å². The Bertz CT molecular complexity index is 647. The van der Waals surface area contributed by atoms with E-state index in [9.17, 15) is 4.79 Å². The third kappa shape index (κ3) is 5.09. The zero-order valence-electron chi connectivity index (χ0n) is 14.7. The SMILES string of the molecule is COCCn1cc(NC(=O)NC(c2ccccc2)C(C)(C)C)cn1. The normalized spacial score (nSPS) is 12.7. The molecular weight excluding hydrogens is 304 g/mol. The van der Waals surface area contributed by atoms with E-state index in [1.165, 1.54) is 0 Å². The van der Waals surface area contributed by atoms with Crippen molar-refractivity contribution in [2.45, 2.75) is 33.4 Å². The number of carbonyl (C=O) groups excluding carboxylic acids is 1. The van der Waals surface area contributed by atoms with Gasteiger partial charge >= 0.3 is 6.03 Å². The monoisotopic (exact) mass is 330 g/mol. The zero-order chi connectivity index (χ0) is 17.6. The summed E-state index contributed by atoms with van der Waals surface area (Å²) in [7, 11) is 1.65. The highest BCUT2D eigenvalue weighted by atomic mass is 16.5. The van der Waals surface area contributed by atoms with Crippen LogP contribution in [0.3, 0.4) is 0 Å². The topological polar surface area (TPSA) is 68.2 Å². The second kappa shape index (κ2) is 7.97. The van der Waals surface area contributed by atoms with Gasteiger partial charge in [0.25, 0.3) is 0 Å². The van der Waals surface area contributed by atoms with Gasteiger partial charge in [0.05, 0.1) is 31.1 Å². The van der Waals surface area contributed by atoms with Gasteiger partial charge < -0.3 is 15.4 Å². The van der Waals surface area contributed by atoms with Crippen LogP contribution < -0.4 is 10.6 Å². The zero-order valence-corrected chi connectivity index (χ0v) is 14.7. The van der Waals surface area contributed by atoms with Gasteiger partial charge in [-0.25, -0.2) is 4.79 Å². The van der Waals surface area contributed by atoms with Crippen molar-refractivity contribution < 1.29 is 9.53 Å². The molecular formula is C18H26N4O2. The molecule has 0 fully saturated rings. The number of methoxy groups -OCH3 is 1. The van der Waals surface area contributed by atoms with E-state index in [1.807, 2.05) is 30.3 Å². The molecule has 0 bridgehead atoms. The number of hydrogen-bond donors (Lipinski definition) is 2. The van der Waals surface area contributed by atoms with Crippen LogP contribution in [0.4, 0.5) is 10.5 Å². The number of carbonyl (C=O) groups is 1. The fourth-order valence-corrected chi connectivity index (χ4v) is 2.48. The number of amides is 2. The van der Waals surface area contributed by atoms with Gasteiger partial charge in [-0.05, 0) is 11.0 Å². The fraction of sp³-hybridized carbons (Fsp3) is 0.444. The lowest BCUT2D eigenvalue weighted by Crippen LogP contribution is -2.39. The summed E-state index contributed by atoms with van der Waals surface area (Å²) in [5.74, 6) is 0. The molecule has 0 aliphatic rings. The van der Waals surface area contributed by atoms with Crippen molar-refractivity contribution in [2.75, 3.05) is 19.0 Å². The minimum Gasteiger partial charge on any atom is -0.383 e. The molecule has 2 rings (SSSR count). The molecule has 0 spiro atoms. The van der Waals surface area contributed by atoms with Gasteiger partial charge in [-0.2, -0.15) is 5.10 Å². The molecule has 130 valence electrons. The highest BCUT2D eigenvalue weighted by molar-refractivity contribution is 5.89. The Morgan fingerprint density at radius 2 is 2.00 bits per heavy atom.